The molecule has 0 aliphatic carbocycles. The standard InChI is InChI=1S/C92H69BN6O2/c1-90(2,3)57-46-79-85-80(47-57)99(87-66(56-27-15-12-16-28-56)52-70(92(7,8)9)84-68-48-58(95-10)38-44-82(68)101-89(84)87)78-50-60(97-75-35-23-19-31-63(75)64-32-20-24-36-76(64)97)40-42-72(78)93(85)71-41-39-59(96-73-33-21-17-29-61(73)62-30-18-22-34-74(62)96)49-77(71)98(79)86-65(55-25-13-11-14-26-55)51-69(91(4,5)6)83-67-45-54(53-94)37-43-81(67)100-88(83)86/h11-52H,1-9H3/i17D,18D,19D,20D,21D,22D,23D,24D,29D,30D,31D,32D,33D,34D,35D,36D,37D,38D,39D,40D,41D,42D,43D,44D,45D,48D,49D,50D,51D,52D. The van der Waals surface area contributed by atoms with Crippen molar-refractivity contribution in [2.24, 2.45) is 0 Å². The maximum absolute atomic E-state index is 11.8. The largest absolute Gasteiger partial charge is 0.454 e. The third kappa shape index (κ3) is 8.86. The lowest BCUT2D eigenvalue weighted by Gasteiger charge is -2.46. The molecule has 0 amide bonds. The normalized spacial score (nSPS) is 17.3. The highest BCUT2D eigenvalue weighted by Gasteiger charge is 2.47. The van der Waals surface area contributed by atoms with E-state index in [0.717, 1.165) is 9.13 Å². The Kier molecular flexibility index (Phi) is 7.81. The Hall–Kier alpha value is -12.3. The van der Waals surface area contributed by atoms with Crippen molar-refractivity contribution in [2.75, 3.05) is 9.80 Å². The highest BCUT2D eigenvalue weighted by atomic mass is 16.3. The van der Waals surface area contributed by atoms with Gasteiger partial charge in [-0.05, 0) is 163 Å². The van der Waals surface area contributed by atoms with Gasteiger partial charge in [-0.2, -0.15) is 5.26 Å². The second kappa shape index (κ2) is 21.6. The summed E-state index contributed by atoms with van der Waals surface area (Å²) in [5, 5.41) is 8.26. The number of rotatable bonds is 6. The number of nitrogens with zero attached hydrogens (tertiary/aromatic N) is 6. The highest BCUT2D eigenvalue weighted by molar-refractivity contribution is 7.00. The van der Waals surface area contributed by atoms with Crippen LogP contribution in [0.2, 0.25) is 0 Å². The summed E-state index contributed by atoms with van der Waals surface area (Å²) in [4.78, 5) is 6.41. The fourth-order valence-electron chi connectivity index (χ4n) is 14.6. The second-order valence-electron chi connectivity index (χ2n) is 28.2. The van der Waals surface area contributed by atoms with Gasteiger partial charge in [0, 0.05) is 91.1 Å². The van der Waals surface area contributed by atoms with Gasteiger partial charge in [-0.25, -0.2) is 4.85 Å². The third-order valence-electron chi connectivity index (χ3n) is 19.0. The minimum absolute atomic E-state index is 0.0868. The Labute approximate surface area is 628 Å². The molecular weight excluding hydrogens is 1230 g/mol. The van der Waals surface area contributed by atoms with Gasteiger partial charge in [0.15, 0.2) is 16.9 Å². The first-order valence-electron chi connectivity index (χ1n) is 47.5. The van der Waals surface area contributed by atoms with Crippen LogP contribution in [0.1, 0.15) is 126 Å². The van der Waals surface area contributed by atoms with Crippen molar-refractivity contribution in [3.05, 3.63) is 288 Å². The van der Waals surface area contributed by atoms with E-state index >= 15 is 0 Å². The summed E-state index contributed by atoms with van der Waals surface area (Å²) in [5.74, 6) is 0. The minimum atomic E-state index is -2.04. The van der Waals surface area contributed by atoms with Gasteiger partial charge in [0.05, 0.1) is 90.0 Å². The number of para-hydroxylation sites is 4. The van der Waals surface area contributed by atoms with E-state index in [1.807, 2.05) is 6.07 Å². The zero-order chi connectivity index (χ0) is 94.8. The van der Waals surface area contributed by atoms with Crippen molar-refractivity contribution in [3.63, 3.8) is 0 Å². The predicted octanol–water partition coefficient (Wildman–Crippen LogP) is 23.4. The van der Waals surface area contributed by atoms with E-state index in [1.54, 1.807) is 135 Å². The molecule has 8 nitrogen and oxygen atoms in total. The van der Waals surface area contributed by atoms with E-state index in [1.165, 1.54) is 9.80 Å². The lowest BCUT2D eigenvalue weighted by Crippen LogP contribution is -2.61. The SMILES string of the molecule is [2H]c1c([2H])c(-n2c3c([2H])c([2H])c([2H])c([2H])c3c3c([2H])c([2H])c([2H])c([2H])c32)c([2H])c2c1B1c3c(cc(C(C)(C)C)cc3N(c3c(-c4ccccc4)c([2H])c(C(C)(C)C)c4c3oc3c([2H])c([2H])c([N+]#[C-])c([2H])c34)c3c([2H])c(-n4c5c([2H])c([2H])c([2H])c([2H])c5c5c([2H])c([2H])c([2H])c([2H])c54)c([2H])c([2H])c31)N2c1c(-c2ccccc2)c([2H])c(C(C)(C)C)c2c1oc1c([2H])c([2H])c(C#N)c([2H])c12. The van der Waals surface area contributed by atoms with Crippen LogP contribution in [0.4, 0.5) is 39.8 Å². The quantitative estimate of drug-likeness (QED) is 0.123. The van der Waals surface area contributed by atoms with Crippen LogP contribution in [0.3, 0.4) is 0 Å². The predicted molar refractivity (Wildman–Crippen MR) is 422 cm³/mol. The van der Waals surface area contributed by atoms with E-state index in [-0.39, 0.29) is 112 Å². The molecule has 2 aliphatic rings. The van der Waals surface area contributed by atoms with E-state index in [9.17, 15) is 40.9 Å². The van der Waals surface area contributed by atoms with Crippen molar-refractivity contribution in [2.45, 2.75) is 78.6 Å². The van der Waals surface area contributed by atoms with E-state index in [0.29, 0.717) is 0 Å². The lowest BCUT2D eigenvalue weighted by molar-refractivity contribution is 0.590. The monoisotopic (exact) mass is 1330 g/mol. The molecule has 0 bridgehead atoms. The Morgan fingerprint density at radius 2 is 0.861 bits per heavy atom. The highest BCUT2D eigenvalue weighted by Crippen LogP contribution is 2.57. The summed E-state index contributed by atoms with van der Waals surface area (Å²) >= 11 is 0. The average Bonchev–Trinajstić information content (AvgIpc) is 1.58. The van der Waals surface area contributed by atoms with Gasteiger partial charge in [-0.3, -0.25) is 0 Å². The molecular formula is C92H69BN6O2. The van der Waals surface area contributed by atoms with Crippen LogP contribution in [-0.4, -0.2) is 15.8 Å². The first-order valence-corrected chi connectivity index (χ1v) is 32.5. The summed E-state index contributed by atoms with van der Waals surface area (Å²) in [5.41, 5.74) is -13.0. The van der Waals surface area contributed by atoms with Crippen molar-refractivity contribution in [1.82, 2.24) is 9.13 Å². The van der Waals surface area contributed by atoms with Gasteiger partial charge in [-0.15, -0.1) is 0 Å². The summed E-state index contributed by atoms with van der Waals surface area (Å²) in [7, 11) is 0. The maximum atomic E-state index is 11.8. The zero-order valence-corrected chi connectivity index (χ0v) is 55.5. The molecule has 9 heteroatoms. The van der Waals surface area contributed by atoms with Crippen LogP contribution < -0.4 is 26.2 Å². The Morgan fingerprint density at radius 3 is 1.27 bits per heavy atom. The molecule has 4 aromatic heterocycles. The summed E-state index contributed by atoms with van der Waals surface area (Å²) < 4.78 is 317. The molecule has 0 saturated carbocycles. The van der Waals surface area contributed by atoms with Crippen molar-refractivity contribution >= 4 is 150 Å². The van der Waals surface area contributed by atoms with Crippen LogP contribution in [0.5, 0.6) is 0 Å². The first-order chi connectivity index (χ1) is 61.5. The molecule has 0 unspecified atom stereocenters. The van der Waals surface area contributed by atoms with Gasteiger partial charge in [-0.1, -0.05) is 214 Å². The molecule has 17 aromatic rings. The van der Waals surface area contributed by atoms with Crippen LogP contribution in [0.15, 0.2) is 263 Å². The summed E-state index contributed by atoms with van der Waals surface area (Å²) in [6.45, 7) is 22.4. The van der Waals surface area contributed by atoms with Crippen LogP contribution in [-0.2, 0) is 16.2 Å². The molecule has 0 N–H and O–H groups in total. The number of hydrogen-bond donors (Lipinski definition) is 0. The van der Waals surface area contributed by atoms with Gasteiger partial charge >= 0.3 is 0 Å². The Balaban J connectivity index is 1.15. The average molecular weight is 1330 g/mol. The molecule has 13 aromatic carbocycles. The van der Waals surface area contributed by atoms with Crippen molar-refractivity contribution in [1.29, 1.82) is 5.26 Å². The summed E-state index contributed by atoms with van der Waals surface area (Å²) in [6, 6.07) is -2.84. The van der Waals surface area contributed by atoms with Crippen molar-refractivity contribution < 1.29 is 50.0 Å². The smallest absolute Gasteiger partial charge is 0.252 e. The number of anilines is 6. The van der Waals surface area contributed by atoms with Crippen LogP contribution in [0.25, 0.3) is 126 Å². The number of aromatic nitrogens is 2. The second-order valence-corrected chi connectivity index (χ2v) is 28.2. The third-order valence-corrected chi connectivity index (χ3v) is 19.0. The van der Waals surface area contributed by atoms with E-state index in [4.69, 9.17) is 20.9 Å². The van der Waals surface area contributed by atoms with Gasteiger partial charge in [0.25, 0.3) is 6.71 Å². The topological polar surface area (TPSA) is 70.8 Å². The molecule has 0 spiro atoms. The number of benzene rings is 13. The Bertz CT molecular complexity index is 7770. The molecule has 2 aliphatic heterocycles. The summed E-state index contributed by atoms with van der Waals surface area (Å²) in [6.07, 6.45) is 0. The molecule has 0 fully saturated rings. The van der Waals surface area contributed by atoms with Gasteiger partial charge in [0.1, 0.15) is 11.2 Å². The molecule has 0 radical (unpaired) electrons. The van der Waals surface area contributed by atoms with E-state index in [2.05, 4.69) is 4.85 Å². The zero-order valence-electron chi connectivity index (χ0n) is 85.5. The Morgan fingerprint density at radius 1 is 0.446 bits per heavy atom. The number of nitriles is 1. The minimum Gasteiger partial charge on any atom is -0.454 e. The first kappa shape index (κ1) is 36.5. The molecule has 482 valence electrons. The molecule has 6 heterocycles. The number of fused-ring (bicyclic) bond motifs is 16. The van der Waals surface area contributed by atoms with Gasteiger partial charge < -0.3 is 27.8 Å². The van der Waals surface area contributed by atoms with E-state index < -0.39 is 292 Å². The van der Waals surface area contributed by atoms with Crippen molar-refractivity contribution in [3.8, 4) is 39.7 Å². The molecule has 0 atom stereocenters. The molecule has 0 saturated heterocycles. The maximum Gasteiger partial charge on any atom is 0.252 e. The molecule has 19 rings (SSSR count). The number of furan rings is 2. The van der Waals surface area contributed by atoms with Crippen LogP contribution >= 0.6 is 0 Å². The molecule has 101 heavy (non-hydrogen) atoms. The van der Waals surface area contributed by atoms with Crippen LogP contribution in [0, 0.1) is 17.9 Å². The fourth-order valence-corrected chi connectivity index (χ4v) is 14.6. The lowest BCUT2D eigenvalue weighted by atomic mass is 9.33. The van der Waals surface area contributed by atoms with Gasteiger partial charge in [0.2, 0.25) is 0 Å². The number of hydrogen-bond acceptors (Lipinski definition) is 5. The fraction of sp³-hybridized carbons (Fsp3) is 0.130.